The van der Waals surface area contributed by atoms with E-state index in [0.717, 1.165) is 32.9 Å². The Morgan fingerprint density at radius 3 is 2.43 bits per heavy atom. The zero-order chi connectivity index (χ0) is 19.8. The van der Waals surface area contributed by atoms with Gasteiger partial charge in [0.1, 0.15) is 0 Å². The average molecular weight is 413 g/mol. The molecule has 3 aromatic carbocycles. The van der Waals surface area contributed by atoms with Gasteiger partial charge in [0.05, 0.1) is 12.1 Å². The van der Waals surface area contributed by atoms with Crippen molar-refractivity contribution in [1.82, 2.24) is 4.57 Å². The minimum absolute atomic E-state index is 0.448. The van der Waals surface area contributed by atoms with Crippen molar-refractivity contribution in [2.24, 2.45) is 5.73 Å². The topological polar surface area (TPSA) is 57.2 Å². The quantitative estimate of drug-likeness (QED) is 0.477. The second-order valence-electron chi connectivity index (χ2n) is 6.71. The van der Waals surface area contributed by atoms with Crippen LogP contribution in [0.1, 0.15) is 21.5 Å². The fourth-order valence-corrected chi connectivity index (χ4v) is 4.28. The normalized spacial score (nSPS) is 11.4. The number of benzene rings is 3. The second kappa shape index (κ2) is 7.47. The SMILES string of the molecule is COCc1ccc2c3c(C(N)=O)cccc3n(Cc3cc(Cl)cc(Cl)c3)c2c1. The molecule has 0 atom stereocenters. The maximum atomic E-state index is 12.0. The lowest BCUT2D eigenvalue weighted by Gasteiger charge is -2.10. The Morgan fingerprint density at radius 2 is 1.75 bits per heavy atom. The third-order valence-electron chi connectivity index (χ3n) is 4.80. The molecule has 0 saturated heterocycles. The number of primary amides is 1. The third kappa shape index (κ3) is 3.35. The van der Waals surface area contributed by atoms with Gasteiger partial charge in [0.15, 0.2) is 0 Å². The summed E-state index contributed by atoms with van der Waals surface area (Å²) in [6.45, 7) is 1.06. The van der Waals surface area contributed by atoms with Gasteiger partial charge in [-0.15, -0.1) is 0 Å². The highest BCUT2D eigenvalue weighted by atomic mass is 35.5. The number of carbonyl (C=O) groups excluding carboxylic acids is 1. The number of halogens is 2. The first-order valence-corrected chi connectivity index (χ1v) is 9.51. The van der Waals surface area contributed by atoms with Gasteiger partial charge in [0.25, 0.3) is 0 Å². The van der Waals surface area contributed by atoms with E-state index in [1.54, 1.807) is 19.2 Å². The highest BCUT2D eigenvalue weighted by Gasteiger charge is 2.17. The number of rotatable bonds is 5. The van der Waals surface area contributed by atoms with Gasteiger partial charge in [-0.2, -0.15) is 0 Å². The van der Waals surface area contributed by atoms with Crippen molar-refractivity contribution >= 4 is 50.9 Å². The minimum Gasteiger partial charge on any atom is -0.380 e. The van der Waals surface area contributed by atoms with Crippen molar-refractivity contribution in [2.75, 3.05) is 7.11 Å². The van der Waals surface area contributed by atoms with Crippen molar-refractivity contribution < 1.29 is 9.53 Å². The number of ether oxygens (including phenoxy) is 1. The Hall–Kier alpha value is -2.53. The zero-order valence-corrected chi connectivity index (χ0v) is 16.7. The van der Waals surface area contributed by atoms with E-state index in [-0.39, 0.29) is 0 Å². The smallest absolute Gasteiger partial charge is 0.249 e. The maximum Gasteiger partial charge on any atom is 0.249 e. The van der Waals surface area contributed by atoms with Gasteiger partial charge in [0, 0.05) is 45.6 Å². The van der Waals surface area contributed by atoms with E-state index >= 15 is 0 Å². The summed E-state index contributed by atoms with van der Waals surface area (Å²) in [7, 11) is 1.67. The summed E-state index contributed by atoms with van der Waals surface area (Å²) < 4.78 is 7.44. The molecule has 4 nitrogen and oxygen atoms in total. The molecule has 4 rings (SSSR count). The molecule has 0 unspecified atom stereocenters. The van der Waals surface area contributed by atoms with Crippen LogP contribution in [0.25, 0.3) is 21.8 Å². The molecule has 0 radical (unpaired) electrons. The van der Waals surface area contributed by atoms with Gasteiger partial charge in [0.2, 0.25) is 5.91 Å². The highest BCUT2D eigenvalue weighted by Crippen LogP contribution is 2.33. The van der Waals surface area contributed by atoms with Crippen LogP contribution in [0.5, 0.6) is 0 Å². The lowest BCUT2D eigenvalue weighted by molar-refractivity contribution is 0.100. The monoisotopic (exact) mass is 412 g/mol. The predicted molar refractivity (Wildman–Crippen MR) is 114 cm³/mol. The summed E-state index contributed by atoms with van der Waals surface area (Å²) in [6, 6.07) is 17.2. The summed E-state index contributed by atoms with van der Waals surface area (Å²) in [5, 5.41) is 2.99. The Balaban J connectivity index is 2.02. The summed E-state index contributed by atoms with van der Waals surface area (Å²) in [6.07, 6.45) is 0. The zero-order valence-electron chi connectivity index (χ0n) is 15.2. The Labute approximate surface area is 172 Å². The Bertz CT molecular complexity index is 1190. The highest BCUT2D eigenvalue weighted by molar-refractivity contribution is 6.34. The first-order chi connectivity index (χ1) is 13.5. The number of hydrogen-bond acceptors (Lipinski definition) is 2. The molecule has 0 fully saturated rings. The number of aromatic nitrogens is 1. The molecule has 0 aliphatic rings. The van der Waals surface area contributed by atoms with E-state index in [1.165, 1.54) is 0 Å². The van der Waals surface area contributed by atoms with E-state index in [2.05, 4.69) is 10.6 Å². The lowest BCUT2D eigenvalue weighted by Crippen LogP contribution is -2.11. The number of amides is 1. The fourth-order valence-electron chi connectivity index (χ4n) is 3.71. The number of carbonyl (C=O) groups is 1. The molecule has 2 N–H and O–H groups in total. The van der Waals surface area contributed by atoms with Crippen molar-refractivity contribution in [2.45, 2.75) is 13.2 Å². The number of nitrogens with two attached hydrogens (primary N) is 1. The van der Waals surface area contributed by atoms with Crippen LogP contribution in [0, 0.1) is 0 Å². The van der Waals surface area contributed by atoms with Gasteiger partial charge in [-0.05, 0) is 47.5 Å². The van der Waals surface area contributed by atoms with Crippen LogP contribution in [0.2, 0.25) is 10.0 Å². The van der Waals surface area contributed by atoms with Crippen molar-refractivity contribution in [1.29, 1.82) is 0 Å². The van der Waals surface area contributed by atoms with E-state index in [9.17, 15) is 4.79 Å². The first-order valence-electron chi connectivity index (χ1n) is 8.75. The minimum atomic E-state index is -0.448. The molecule has 142 valence electrons. The molecule has 0 bridgehead atoms. The molecule has 0 saturated carbocycles. The predicted octanol–water partition coefficient (Wildman–Crippen LogP) is 5.39. The van der Waals surface area contributed by atoms with Crippen LogP contribution in [-0.2, 0) is 17.9 Å². The average Bonchev–Trinajstić information content (AvgIpc) is 2.94. The van der Waals surface area contributed by atoms with Crippen LogP contribution in [0.4, 0.5) is 0 Å². The molecule has 28 heavy (non-hydrogen) atoms. The fraction of sp³-hybridized carbons (Fsp3) is 0.136. The molecular formula is C22H18Cl2N2O2. The molecule has 0 spiro atoms. The second-order valence-corrected chi connectivity index (χ2v) is 7.59. The van der Waals surface area contributed by atoms with Crippen molar-refractivity contribution in [3.8, 4) is 0 Å². The summed E-state index contributed by atoms with van der Waals surface area (Å²) >= 11 is 12.4. The first kappa shape index (κ1) is 18.8. The van der Waals surface area contributed by atoms with Gasteiger partial charge in [-0.3, -0.25) is 4.79 Å². The lowest BCUT2D eigenvalue weighted by atomic mass is 10.0. The van der Waals surface area contributed by atoms with E-state index in [0.29, 0.717) is 28.8 Å². The molecule has 1 aromatic heterocycles. The van der Waals surface area contributed by atoms with E-state index < -0.39 is 5.91 Å². The third-order valence-corrected chi connectivity index (χ3v) is 5.23. The van der Waals surface area contributed by atoms with Crippen LogP contribution in [-0.4, -0.2) is 17.6 Å². The molecule has 6 heteroatoms. The number of hydrogen-bond donors (Lipinski definition) is 1. The maximum absolute atomic E-state index is 12.0. The summed E-state index contributed by atoms with van der Waals surface area (Å²) in [5.74, 6) is -0.448. The Morgan fingerprint density at radius 1 is 1.00 bits per heavy atom. The van der Waals surface area contributed by atoms with E-state index in [4.69, 9.17) is 33.7 Å². The Kier molecular flexibility index (Phi) is 5.02. The van der Waals surface area contributed by atoms with Gasteiger partial charge in [-0.1, -0.05) is 41.4 Å². The van der Waals surface area contributed by atoms with Crippen LogP contribution in [0.3, 0.4) is 0 Å². The van der Waals surface area contributed by atoms with E-state index in [1.807, 2.05) is 36.4 Å². The van der Waals surface area contributed by atoms with Crippen LogP contribution >= 0.6 is 23.2 Å². The molecule has 4 aromatic rings. The molecule has 0 aliphatic carbocycles. The number of methoxy groups -OCH3 is 1. The van der Waals surface area contributed by atoms with Crippen molar-refractivity contribution in [3.63, 3.8) is 0 Å². The summed E-state index contributed by atoms with van der Waals surface area (Å²) in [4.78, 5) is 12.0. The van der Waals surface area contributed by atoms with Crippen LogP contribution in [0.15, 0.2) is 54.6 Å². The molecule has 1 heterocycles. The number of nitrogens with zero attached hydrogens (tertiary/aromatic N) is 1. The standard InChI is InChI=1S/C22H18Cl2N2O2/c1-28-12-13-5-6-17-20(9-13)26(11-14-7-15(23)10-16(24)8-14)19-4-2-3-18(21(17)19)22(25)27/h2-10H,11-12H2,1H3,(H2,25,27). The van der Waals surface area contributed by atoms with Gasteiger partial charge >= 0.3 is 0 Å². The molecule has 1 amide bonds. The van der Waals surface area contributed by atoms with Gasteiger partial charge < -0.3 is 15.0 Å². The molecule has 0 aliphatic heterocycles. The van der Waals surface area contributed by atoms with Crippen LogP contribution < -0.4 is 5.73 Å². The van der Waals surface area contributed by atoms with Crippen molar-refractivity contribution in [3.05, 3.63) is 81.3 Å². The van der Waals surface area contributed by atoms with Gasteiger partial charge in [-0.25, -0.2) is 0 Å². The number of fused-ring (bicyclic) bond motifs is 3. The summed E-state index contributed by atoms with van der Waals surface area (Å²) in [5.41, 5.74) is 10.1. The molecular weight excluding hydrogens is 395 g/mol. The largest absolute Gasteiger partial charge is 0.380 e.